The molecule has 3 aromatic rings. The number of nitrogens with zero attached hydrogens (tertiary/aromatic N) is 1. The number of anilines is 1. The fraction of sp³-hybridized carbons (Fsp3) is 0.143. The molecule has 0 radical (unpaired) electrons. The van der Waals surface area contributed by atoms with Gasteiger partial charge in [0.2, 0.25) is 0 Å². The molecule has 0 atom stereocenters. The van der Waals surface area contributed by atoms with Crippen molar-refractivity contribution in [3.05, 3.63) is 82.0 Å². The molecule has 0 fully saturated rings. The first-order valence-corrected chi connectivity index (χ1v) is 10.5. The minimum absolute atomic E-state index is 0.341. The van der Waals surface area contributed by atoms with Gasteiger partial charge in [0.1, 0.15) is 0 Å². The number of thioether (sulfide) groups is 1. The van der Waals surface area contributed by atoms with E-state index in [2.05, 4.69) is 16.9 Å². The van der Waals surface area contributed by atoms with Gasteiger partial charge in [-0.05, 0) is 41.8 Å². The third kappa shape index (κ3) is 5.15. The number of hydrogen-bond acceptors (Lipinski definition) is 5. The molecule has 0 bridgehead atoms. The van der Waals surface area contributed by atoms with E-state index in [1.807, 2.05) is 60.8 Å². The average Bonchev–Trinajstić information content (AvgIpc) is 3.24. The molecule has 0 aliphatic carbocycles. The topological polar surface area (TPSA) is 61.4 Å². The summed E-state index contributed by atoms with van der Waals surface area (Å²) in [7, 11) is 3.81. The van der Waals surface area contributed by atoms with Gasteiger partial charge < -0.3 is 4.90 Å². The fourth-order valence-electron chi connectivity index (χ4n) is 2.50. The van der Waals surface area contributed by atoms with Crippen LogP contribution in [0.4, 0.5) is 5.69 Å². The lowest BCUT2D eigenvalue weighted by Gasteiger charge is -2.14. The highest BCUT2D eigenvalue weighted by molar-refractivity contribution is 7.98. The molecule has 2 amide bonds. The first-order valence-electron chi connectivity index (χ1n) is 8.67. The Bertz CT molecular complexity index is 956. The number of carbonyl (C=O) groups is 2. The zero-order chi connectivity index (χ0) is 19.9. The lowest BCUT2D eigenvalue weighted by Crippen LogP contribution is -2.41. The van der Waals surface area contributed by atoms with Crippen LogP contribution in [0.25, 0.3) is 0 Å². The summed E-state index contributed by atoms with van der Waals surface area (Å²) in [5, 5.41) is 2.04. The Kier molecular flexibility index (Phi) is 6.73. The molecule has 0 saturated heterocycles. The third-order valence-corrected chi connectivity index (χ3v) is 6.18. The monoisotopic (exact) mass is 411 g/mol. The van der Waals surface area contributed by atoms with Gasteiger partial charge >= 0.3 is 0 Å². The van der Waals surface area contributed by atoms with E-state index in [1.165, 1.54) is 4.88 Å². The summed E-state index contributed by atoms with van der Waals surface area (Å²) in [6, 6.07) is 18.7. The molecule has 3 rings (SSSR count). The molecule has 7 heteroatoms. The van der Waals surface area contributed by atoms with Crippen LogP contribution in [-0.4, -0.2) is 25.9 Å². The zero-order valence-electron chi connectivity index (χ0n) is 15.6. The van der Waals surface area contributed by atoms with Gasteiger partial charge in [-0.1, -0.05) is 24.3 Å². The summed E-state index contributed by atoms with van der Waals surface area (Å²) in [6.45, 7) is 0. The lowest BCUT2D eigenvalue weighted by molar-refractivity contribution is 0.0845. The highest BCUT2D eigenvalue weighted by Gasteiger charge is 2.13. The second-order valence-electron chi connectivity index (χ2n) is 6.22. The number of hydrogen-bond donors (Lipinski definition) is 2. The van der Waals surface area contributed by atoms with Crippen molar-refractivity contribution in [1.82, 2.24) is 10.9 Å². The summed E-state index contributed by atoms with van der Waals surface area (Å²) in [4.78, 5) is 29.0. The molecule has 1 aromatic heterocycles. The minimum atomic E-state index is -0.360. The Morgan fingerprint density at radius 1 is 0.964 bits per heavy atom. The quantitative estimate of drug-likeness (QED) is 0.472. The number of carbonyl (C=O) groups excluding carboxylic acids is 2. The van der Waals surface area contributed by atoms with Gasteiger partial charge in [0.05, 0.1) is 5.56 Å². The molecule has 2 N–H and O–H groups in total. The highest BCUT2D eigenvalue weighted by atomic mass is 32.2. The smallest absolute Gasteiger partial charge is 0.270 e. The van der Waals surface area contributed by atoms with Crippen LogP contribution in [0, 0.1) is 0 Å². The predicted octanol–water partition coefficient (Wildman–Crippen LogP) is 4.18. The molecule has 0 aliphatic rings. The summed E-state index contributed by atoms with van der Waals surface area (Å²) in [5.74, 6) is 0.0956. The normalized spacial score (nSPS) is 10.4. The minimum Gasteiger partial charge on any atom is -0.378 e. The Morgan fingerprint density at radius 2 is 1.75 bits per heavy atom. The number of nitrogens with one attached hydrogen (secondary N) is 2. The van der Waals surface area contributed by atoms with Crippen molar-refractivity contribution in [2.24, 2.45) is 0 Å². The average molecular weight is 412 g/mol. The molecule has 0 aliphatic heterocycles. The Hall–Kier alpha value is -2.77. The Labute approximate surface area is 172 Å². The number of thiophene rings is 1. The Morgan fingerprint density at radius 3 is 2.50 bits per heavy atom. The van der Waals surface area contributed by atoms with E-state index >= 15 is 0 Å². The number of amides is 2. The highest BCUT2D eigenvalue weighted by Crippen LogP contribution is 2.27. The summed E-state index contributed by atoms with van der Waals surface area (Å²) in [5.41, 5.74) is 6.94. The van der Waals surface area contributed by atoms with Crippen molar-refractivity contribution in [3.8, 4) is 0 Å². The van der Waals surface area contributed by atoms with Crippen LogP contribution >= 0.6 is 23.1 Å². The molecule has 0 unspecified atom stereocenters. The third-order valence-electron chi connectivity index (χ3n) is 4.00. The van der Waals surface area contributed by atoms with Crippen molar-refractivity contribution in [1.29, 1.82) is 0 Å². The van der Waals surface area contributed by atoms with Gasteiger partial charge in [0.15, 0.2) is 0 Å². The van der Waals surface area contributed by atoms with E-state index in [-0.39, 0.29) is 11.8 Å². The van der Waals surface area contributed by atoms with Gasteiger partial charge in [-0.25, -0.2) is 0 Å². The van der Waals surface area contributed by atoms with Crippen LogP contribution in [-0.2, 0) is 5.75 Å². The SMILES string of the molecule is CN(C)c1cccc(C(=O)NNC(=O)c2ccccc2SCc2cccs2)c1. The van der Waals surface area contributed by atoms with Crippen molar-refractivity contribution in [2.45, 2.75) is 10.6 Å². The first kappa shape index (κ1) is 20.0. The first-order chi connectivity index (χ1) is 13.5. The van der Waals surface area contributed by atoms with Gasteiger partial charge in [-0.3, -0.25) is 20.4 Å². The molecule has 144 valence electrons. The van der Waals surface area contributed by atoms with E-state index in [0.29, 0.717) is 11.1 Å². The molecular weight excluding hydrogens is 390 g/mol. The summed E-state index contributed by atoms with van der Waals surface area (Å²) in [6.07, 6.45) is 0. The Balaban J connectivity index is 1.63. The maximum Gasteiger partial charge on any atom is 0.270 e. The van der Waals surface area contributed by atoms with E-state index < -0.39 is 0 Å². The van der Waals surface area contributed by atoms with E-state index in [0.717, 1.165) is 16.3 Å². The zero-order valence-corrected chi connectivity index (χ0v) is 17.3. The van der Waals surface area contributed by atoms with E-state index in [9.17, 15) is 9.59 Å². The predicted molar refractivity (Wildman–Crippen MR) is 116 cm³/mol. The van der Waals surface area contributed by atoms with Crippen LogP contribution in [0.5, 0.6) is 0 Å². The van der Waals surface area contributed by atoms with E-state index in [1.54, 1.807) is 41.3 Å². The van der Waals surface area contributed by atoms with Crippen LogP contribution in [0.1, 0.15) is 25.6 Å². The van der Waals surface area contributed by atoms with Crippen LogP contribution < -0.4 is 15.8 Å². The maximum absolute atomic E-state index is 12.6. The number of benzene rings is 2. The fourth-order valence-corrected chi connectivity index (χ4v) is 4.33. The molecule has 0 saturated carbocycles. The maximum atomic E-state index is 12.6. The molecule has 0 spiro atoms. The van der Waals surface area contributed by atoms with Crippen molar-refractivity contribution in [3.63, 3.8) is 0 Å². The van der Waals surface area contributed by atoms with E-state index in [4.69, 9.17) is 0 Å². The second kappa shape index (κ2) is 9.43. The second-order valence-corrected chi connectivity index (χ2v) is 8.27. The molecule has 5 nitrogen and oxygen atoms in total. The van der Waals surface area contributed by atoms with Crippen molar-refractivity contribution >= 4 is 40.6 Å². The van der Waals surface area contributed by atoms with Gasteiger partial charge in [0.25, 0.3) is 11.8 Å². The summed E-state index contributed by atoms with van der Waals surface area (Å²) >= 11 is 3.29. The lowest BCUT2D eigenvalue weighted by atomic mass is 10.2. The molecule has 2 aromatic carbocycles. The van der Waals surface area contributed by atoms with Gasteiger partial charge in [-0.2, -0.15) is 0 Å². The molecular formula is C21H21N3O2S2. The number of hydrazine groups is 1. The van der Waals surface area contributed by atoms with Crippen molar-refractivity contribution < 1.29 is 9.59 Å². The van der Waals surface area contributed by atoms with Gasteiger partial charge in [-0.15, -0.1) is 23.1 Å². The van der Waals surface area contributed by atoms with Crippen LogP contribution in [0.2, 0.25) is 0 Å². The van der Waals surface area contributed by atoms with Crippen LogP contribution in [0.3, 0.4) is 0 Å². The summed E-state index contributed by atoms with van der Waals surface area (Å²) < 4.78 is 0. The standard InChI is InChI=1S/C21H21N3O2S2/c1-24(2)16-8-5-7-15(13-16)20(25)22-23-21(26)18-10-3-4-11-19(18)28-14-17-9-6-12-27-17/h3-13H,14H2,1-2H3,(H,22,25)(H,23,26). The molecule has 1 heterocycles. The van der Waals surface area contributed by atoms with Crippen molar-refractivity contribution in [2.75, 3.05) is 19.0 Å². The van der Waals surface area contributed by atoms with Crippen LogP contribution in [0.15, 0.2) is 70.9 Å². The van der Waals surface area contributed by atoms with Gasteiger partial charge in [0, 0.05) is 40.9 Å². The number of rotatable bonds is 6. The largest absolute Gasteiger partial charge is 0.378 e. The molecule has 28 heavy (non-hydrogen) atoms.